The fraction of sp³-hybridized carbons (Fsp3) is 0.417. The molecular formula is C24H27N5O3. The Hall–Kier alpha value is -3.26. The molecule has 5 rings (SSSR count). The number of ether oxygens (including phenoxy) is 1. The first-order valence-electron chi connectivity index (χ1n) is 11.0. The molecule has 0 radical (unpaired) electrons. The Morgan fingerprint density at radius 1 is 1.16 bits per heavy atom. The fourth-order valence-electron chi connectivity index (χ4n) is 4.62. The second-order valence-electron chi connectivity index (χ2n) is 8.83. The summed E-state index contributed by atoms with van der Waals surface area (Å²) in [7, 11) is 0. The van der Waals surface area contributed by atoms with Crippen LogP contribution in [0.15, 0.2) is 30.6 Å². The molecule has 3 aromatic rings. The minimum absolute atomic E-state index is 0.0971. The van der Waals surface area contributed by atoms with Gasteiger partial charge < -0.3 is 19.5 Å². The van der Waals surface area contributed by atoms with E-state index in [0.29, 0.717) is 31.4 Å². The van der Waals surface area contributed by atoms with Crippen molar-refractivity contribution in [2.45, 2.75) is 39.0 Å². The molecule has 0 aliphatic carbocycles. The molecule has 0 aromatic carbocycles. The van der Waals surface area contributed by atoms with Crippen LogP contribution < -0.4 is 5.32 Å². The number of aryl methyl sites for hydroxylation is 1. The normalized spacial score (nSPS) is 18.7. The Balaban J connectivity index is 1.61. The van der Waals surface area contributed by atoms with Crippen molar-refractivity contribution in [3.8, 4) is 5.82 Å². The van der Waals surface area contributed by atoms with Gasteiger partial charge in [-0.25, -0.2) is 9.97 Å². The maximum atomic E-state index is 11.7. The zero-order chi connectivity index (χ0) is 22.4. The summed E-state index contributed by atoms with van der Waals surface area (Å²) in [5, 5.41) is 3.79. The van der Waals surface area contributed by atoms with Crippen LogP contribution in [0.1, 0.15) is 48.9 Å². The second kappa shape index (κ2) is 8.02. The van der Waals surface area contributed by atoms with E-state index < -0.39 is 0 Å². The third kappa shape index (κ3) is 3.75. The first-order valence-corrected chi connectivity index (χ1v) is 11.0. The standard InChI is InChI=1S/C24H27N5O3/c1-14-6-21(17-4-5-32-13-17)27-24(7-14)29-12-20(18-10-28(11-18)16(3)31)19-9-25-23(8-22(19)29)26-15(2)30/h6-9,12,17-18H,4-5,10-11,13H2,1-3H3,(H,25,26,30). The van der Waals surface area contributed by atoms with Crippen molar-refractivity contribution in [3.05, 3.63) is 47.4 Å². The van der Waals surface area contributed by atoms with Gasteiger partial charge in [0.05, 0.1) is 12.1 Å². The number of hydrogen-bond acceptors (Lipinski definition) is 5. The summed E-state index contributed by atoms with van der Waals surface area (Å²) in [5.74, 6) is 1.84. The van der Waals surface area contributed by atoms with Gasteiger partial charge in [-0.2, -0.15) is 0 Å². The van der Waals surface area contributed by atoms with E-state index in [1.165, 1.54) is 6.92 Å². The van der Waals surface area contributed by atoms with Crippen LogP contribution in [0.2, 0.25) is 0 Å². The predicted octanol–water partition coefficient (Wildman–Crippen LogP) is 3.14. The molecule has 0 spiro atoms. The van der Waals surface area contributed by atoms with Crippen molar-refractivity contribution < 1.29 is 14.3 Å². The Labute approximate surface area is 186 Å². The van der Waals surface area contributed by atoms with Gasteiger partial charge in [-0.1, -0.05) is 0 Å². The number of rotatable bonds is 4. The molecule has 32 heavy (non-hydrogen) atoms. The van der Waals surface area contributed by atoms with E-state index >= 15 is 0 Å². The van der Waals surface area contributed by atoms with Crippen molar-refractivity contribution in [1.29, 1.82) is 0 Å². The average molecular weight is 434 g/mol. The van der Waals surface area contributed by atoms with Crippen LogP contribution >= 0.6 is 0 Å². The molecule has 2 fully saturated rings. The van der Waals surface area contributed by atoms with Gasteiger partial charge >= 0.3 is 0 Å². The predicted molar refractivity (Wildman–Crippen MR) is 121 cm³/mol. The summed E-state index contributed by atoms with van der Waals surface area (Å²) >= 11 is 0. The zero-order valence-corrected chi connectivity index (χ0v) is 18.6. The number of likely N-dealkylation sites (tertiary alicyclic amines) is 1. The molecule has 0 bridgehead atoms. The minimum Gasteiger partial charge on any atom is -0.381 e. The van der Waals surface area contributed by atoms with Crippen molar-refractivity contribution in [3.63, 3.8) is 0 Å². The number of carbonyl (C=O) groups excluding carboxylic acids is 2. The highest BCUT2D eigenvalue weighted by Crippen LogP contribution is 2.36. The number of hydrogen-bond donors (Lipinski definition) is 1. The number of fused-ring (bicyclic) bond motifs is 1. The first kappa shape index (κ1) is 20.6. The van der Waals surface area contributed by atoms with E-state index in [4.69, 9.17) is 9.72 Å². The molecule has 8 heteroatoms. The summed E-state index contributed by atoms with van der Waals surface area (Å²) in [6, 6.07) is 6.10. The third-order valence-electron chi connectivity index (χ3n) is 6.36. The Kier molecular flexibility index (Phi) is 5.17. The lowest BCUT2D eigenvalue weighted by Gasteiger charge is -2.38. The van der Waals surface area contributed by atoms with Gasteiger partial charge in [0, 0.05) is 74.9 Å². The number of aromatic nitrogens is 3. The highest BCUT2D eigenvalue weighted by molar-refractivity contribution is 5.92. The zero-order valence-electron chi connectivity index (χ0n) is 18.6. The number of anilines is 1. The highest BCUT2D eigenvalue weighted by Gasteiger charge is 2.32. The SMILES string of the molecule is CC(=O)Nc1cc2c(cn1)c(C1CN(C(C)=O)C1)cn2-c1cc(C)cc(C2CCOC2)n1. The molecule has 1 unspecified atom stereocenters. The number of nitrogens with zero attached hydrogens (tertiary/aromatic N) is 4. The molecule has 8 nitrogen and oxygen atoms in total. The Morgan fingerprint density at radius 2 is 1.97 bits per heavy atom. The topological polar surface area (TPSA) is 89.4 Å². The quantitative estimate of drug-likeness (QED) is 0.683. The lowest BCUT2D eigenvalue weighted by atomic mass is 9.91. The van der Waals surface area contributed by atoms with Gasteiger partial charge in [-0.3, -0.25) is 9.59 Å². The van der Waals surface area contributed by atoms with Gasteiger partial charge in [0.1, 0.15) is 11.6 Å². The van der Waals surface area contributed by atoms with Gasteiger partial charge in [-0.05, 0) is 36.6 Å². The first-order chi connectivity index (χ1) is 15.4. The van der Waals surface area contributed by atoms with E-state index in [9.17, 15) is 9.59 Å². The summed E-state index contributed by atoms with van der Waals surface area (Å²) in [4.78, 5) is 34.6. The van der Waals surface area contributed by atoms with Crippen molar-refractivity contribution in [2.75, 3.05) is 31.6 Å². The molecule has 2 amide bonds. The lowest BCUT2D eigenvalue weighted by molar-refractivity contribution is -0.133. The van der Waals surface area contributed by atoms with Crippen LogP contribution in [0.4, 0.5) is 5.82 Å². The molecule has 5 heterocycles. The maximum Gasteiger partial charge on any atom is 0.222 e. The minimum atomic E-state index is -0.163. The van der Waals surface area contributed by atoms with Crippen LogP contribution in [0, 0.1) is 6.92 Å². The van der Waals surface area contributed by atoms with Crippen LogP contribution in [-0.4, -0.2) is 57.6 Å². The van der Waals surface area contributed by atoms with Crippen LogP contribution in [0.25, 0.3) is 16.7 Å². The molecule has 0 saturated carbocycles. The Bertz CT molecular complexity index is 1210. The van der Waals surface area contributed by atoms with Gasteiger partial charge in [-0.15, -0.1) is 0 Å². The van der Waals surface area contributed by atoms with Crippen molar-refractivity contribution >= 4 is 28.5 Å². The summed E-state index contributed by atoms with van der Waals surface area (Å²) in [6.07, 6.45) is 4.90. The van der Waals surface area contributed by atoms with E-state index in [-0.39, 0.29) is 17.7 Å². The number of amides is 2. The summed E-state index contributed by atoms with van der Waals surface area (Å²) in [6.45, 7) is 8.03. The van der Waals surface area contributed by atoms with Gasteiger partial charge in [0.15, 0.2) is 0 Å². The van der Waals surface area contributed by atoms with E-state index in [1.54, 1.807) is 6.92 Å². The molecule has 3 aromatic heterocycles. The van der Waals surface area contributed by atoms with E-state index in [0.717, 1.165) is 46.6 Å². The van der Waals surface area contributed by atoms with Gasteiger partial charge in [0.2, 0.25) is 11.8 Å². The number of nitrogens with one attached hydrogen (secondary N) is 1. The highest BCUT2D eigenvalue weighted by atomic mass is 16.5. The van der Waals surface area contributed by atoms with Crippen LogP contribution in [0.5, 0.6) is 0 Å². The van der Waals surface area contributed by atoms with Gasteiger partial charge in [0.25, 0.3) is 0 Å². The summed E-state index contributed by atoms with van der Waals surface area (Å²) < 4.78 is 7.66. The van der Waals surface area contributed by atoms with Crippen LogP contribution in [-0.2, 0) is 14.3 Å². The third-order valence-corrected chi connectivity index (χ3v) is 6.36. The number of carbonyl (C=O) groups is 2. The smallest absolute Gasteiger partial charge is 0.222 e. The number of pyridine rings is 2. The Morgan fingerprint density at radius 3 is 2.66 bits per heavy atom. The van der Waals surface area contributed by atoms with Crippen LogP contribution in [0.3, 0.4) is 0 Å². The van der Waals surface area contributed by atoms with Crippen molar-refractivity contribution in [1.82, 2.24) is 19.4 Å². The molecule has 1 N–H and O–H groups in total. The van der Waals surface area contributed by atoms with Crippen molar-refractivity contribution in [2.24, 2.45) is 0 Å². The molecule has 2 aliphatic heterocycles. The lowest BCUT2D eigenvalue weighted by Crippen LogP contribution is -2.47. The van der Waals surface area contributed by atoms with E-state index in [2.05, 4.69) is 40.1 Å². The molecular weight excluding hydrogens is 406 g/mol. The molecule has 2 aliphatic rings. The summed E-state index contributed by atoms with van der Waals surface area (Å²) in [5.41, 5.74) is 4.27. The largest absolute Gasteiger partial charge is 0.381 e. The van der Waals surface area contributed by atoms with E-state index in [1.807, 2.05) is 17.2 Å². The maximum absolute atomic E-state index is 11.7. The monoisotopic (exact) mass is 433 g/mol. The average Bonchev–Trinajstić information content (AvgIpc) is 3.34. The second-order valence-corrected chi connectivity index (χ2v) is 8.83. The molecule has 2 saturated heterocycles. The molecule has 166 valence electrons. The fourth-order valence-corrected chi connectivity index (χ4v) is 4.62. The molecule has 1 atom stereocenters.